The first-order chi connectivity index (χ1) is 7.65. The fraction of sp³-hybridized carbons (Fsp3) is 0.500. The molecule has 16 heavy (non-hydrogen) atoms. The molecule has 4 nitrogen and oxygen atoms in total. The Bertz CT molecular complexity index is 509. The van der Waals surface area contributed by atoms with Gasteiger partial charge in [0.1, 0.15) is 11.6 Å². The largest absolute Gasteiger partial charge is 0.376 e. The summed E-state index contributed by atoms with van der Waals surface area (Å²) in [5.41, 5.74) is 2.76. The predicted octanol–water partition coefficient (Wildman–Crippen LogP) is 1.44. The van der Waals surface area contributed by atoms with Crippen molar-refractivity contribution >= 4 is 0 Å². The van der Waals surface area contributed by atoms with Gasteiger partial charge in [0, 0.05) is 11.3 Å². The topological polar surface area (TPSA) is 65.9 Å². The van der Waals surface area contributed by atoms with Crippen LogP contribution in [0.4, 0.5) is 0 Å². The average molecular weight is 218 g/mol. The van der Waals surface area contributed by atoms with Crippen LogP contribution in [0.5, 0.6) is 0 Å². The van der Waals surface area contributed by atoms with Crippen molar-refractivity contribution < 1.29 is 4.74 Å². The van der Waals surface area contributed by atoms with Crippen LogP contribution in [0, 0.1) is 11.3 Å². The minimum Gasteiger partial charge on any atom is -0.376 e. The van der Waals surface area contributed by atoms with Gasteiger partial charge in [-0.3, -0.25) is 4.79 Å². The maximum atomic E-state index is 11.7. The van der Waals surface area contributed by atoms with Crippen molar-refractivity contribution in [2.45, 2.75) is 32.8 Å². The summed E-state index contributed by atoms with van der Waals surface area (Å²) in [4.78, 5) is 14.5. The molecule has 1 N–H and O–H groups in total. The normalized spacial score (nSPS) is 14.6. The van der Waals surface area contributed by atoms with Crippen molar-refractivity contribution in [1.82, 2.24) is 4.98 Å². The Hall–Kier alpha value is -1.60. The van der Waals surface area contributed by atoms with Gasteiger partial charge in [0.2, 0.25) is 0 Å². The van der Waals surface area contributed by atoms with E-state index < -0.39 is 0 Å². The van der Waals surface area contributed by atoms with Crippen molar-refractivity contribution in [3.05, 3.63) is 32.7 Å². The molecule has 1 aromatic rings. The molecule has 0 saturated carbocycles. The molecule has 0 amide bonds. The van der Waals surface area contributed by atoms with Crippen LogP contribution in [-0.2, 0) is 17.8 Å². The van der Waals surface area contributed by atoms with Gasteiger partial charge in [-0.15, -0.1) is 0 Å². The Kier molecular flexibility index (Phi) is 2.80. The van der Waals surface area contributed by atoms with E-state index in [-0.39, 0.29) is 17.0 Å². The average Bonchev–Trinajstić information content (AvgIpc) is 2.28. The fourth-order valence-corrected chi connectivity index (χ4v) is 2.11. The van der Waals surface area contributed by atoms with Crippen LogP contribution in [0.15, 0.2) is 4.79 Å². The van der Waals surface area contributed by atoms with E-state index in [9.17, 15) is 4.79 Å². The number of nitrogens with zero attached hydrogens (tertiary/aromatic N) is 1. The molecule has 0 saturated heterocycles. The Balaban J connectivity index is 2.73. The number of rotatable bonds is 1. The van der Waals surface area contributed by atoms with Gasteiger partial charge in [0.25, 0.3) is 5.56 Å². The number of ether oxygens (including phenoxy) is 1. The van der Waals surface area contributed by atoms with Crippen LogP contribution in [0.3, 0.4) is 0 Å². The summed E-state index contributed by atoms with van der Waals surface area (Å²) in [5, 5.41) is 8.99. The Morgan fingerprint density at radius 3 is 2.81 bits per heavy atom. The van der Waals surface area contributed by atoms with Crippen LogP contribution in [-0.4, -0.2) is 11.6 Å². The number of hydrogen-bond donors (Lipinski definition) is 1. The van der Waals surface area contributed by atoms with E-state index >= 15 is 0 Å². The number of nitriles is 1. The van der Waals surface area contributed by atoms with Crippen molar-refractivity contribution in [1.29, 1.82) is 5.26 Å². The van der Waals surface area contributed by atoms with E-state index in [2.05, 4.69) is 4.98 Å². The Labute approximate surface area is 93.9 Å². The van der Waals surface area contributed by atoms with E-state index in [0.717, 1.165) is 16.8 Å². The minimum atomic E-state index is -0.271. The number of fused-ring (bicyclic) bond motifs is 1. The predicted molar refractivity (Wildman–Crippen MR) is 59.2 cm³/mol. The van der Waals surface area contributed by atoms with Crippen LogP contribution in [0.25, 0.3) is 0 Å². The van der Waals surface area contributed by atoms with Gasteiger partial charge in [-0.2, -0.15) is 5.26 Å². The van der Waals surface area contributed by atoms with E-state index in [1.807, 2.05) is 19.9 Å². The lowest BCUT2D eigenvalue weighted by atomic mass is 9.93. The summed E-state index contributed by atoms with van der Waals surface area (Å²) in [6, 6.07) is 1.99. The van der Waals surface area contributed by atoms with Gasteiger partial charge in [-0.1, -0.05) is 13.8 Å². The highest BCUT2D eigenvalue weighted by Gasteiger charge is 2.21. The summed E-state index contributed by atoms with van der Waals surface area (Å²) >= 11 is 0. The molecule has 2 rings (SSSR count). The standard InChI is InChI=1S/C12H14N2O2/c1-7(2)11-10-6-16-4-3-8(10)9(5-13)12(15)14-11/h7H,3-4,6H2,1-2H3,(H,14,15). The number of nitrogens with one attached hydrogen (secondary N) is 1. The fourth-order valence-electron chi connectivity index (χ4n) is 2.11. The second-order valence-electron chi connectivity index (χ2n) is 4.27. The van der Waals surface area contributed by atoms with Crippen molar-refractivity contribution in [3.8, 4) is 6.07 Å². The molecule has 1 aromatic heterocycles. The van der Waals surface area contributed by atoms with Gasteiger partial charge in [-0.25, -0.2) is 0 Å². The van der Waals surface area contributed by atoms with E-state index in [1.54, 1.807) is 0 Å². The first kappa shape index (κ1) is 10.9. The van der Waals surface area contributed by atoms with Crippen molar-refractivity contribution in [2.75, 3.05) is 6.61 Å². The molecule has 2 heterocycles. The Morgan fingerprint density at radius 1 is 1.44 bits per heavy atom. The zero-order chi connectivity index (χ0) is 11.7. The lowest BCUT2D eigenvalue weighted by Gasteiger charge is -2.21. The molecule has 0 unspecified atom stereocenters. The number of pyridine rings is 1. The summed E-state index contributed by atoms with van der Waals surface area (Å²) in [6.07, 6.45) is 0.655. The first-order valence-electron chi connectivity index (χ1n) is 5.41. The monoisotopic (exact) mass is 218 g/mol. The maximum absolute atomic E-state index is 11.7. The second kappa shape index (κ2) is 4.11. The summed E-state index contributed by atoms with van der Waals surface area (Å²) in [7, 11) is 0. The minimum absolute atomic E-state index is 0.232. The third kappa shape index (κ3) is 1.63. The number of H-pyrrole nitrogens is 1. The van der Waals surface area contributed by atoms with Gasteiger partial charge >= 0.3 is 0 Å². The molecule has 0 aliphatic carbocycles. The first-order valence-corrected chi connectivity index (χ1v) is 5.41. The van der Waals surface area contributed by atoms with Crippen LogP contribution in [0.2, 0.25) is 0 Å². The highest BCUT2D eigenvalue weighted by Crippen LogP contribution is 2.25. The van der Waals surface area contributed by atoms with Crippen molar-refractivity contribution in [2.24, 2.45) is 0 Å². The molecule has 0 fully saturated rings. The molecule has 1 aliphatic heterocycles. The molecule has 0 atom stereocenters. The lowest BCUT2D eigenvalue weighted by molar-refractivity contribution is 0.109. The van der Waals surface area contributed by atoms with Crippen LogP contribution < -0.4 is 5.56 Å². The molecule has 84 valence electrons. The van der Waals surface area contributed by atoms with Gasteiger partial charge < -0.3 is 9.72 Å². The summed E-state index contributed by atoms with van der Waals surface area (Å²) < 4.78 is 5.39. The third-order valence-corrected chi connectivity index (χ3v) is 2.90. The maximum Gasteiger partial charge on any atom is 0.266 e. The van der Waals surface area contributed by atoms with Gasteiger partial charge in [0.05, 0.1) is 13.2 Å². The molecule has 1 aliphatic rings. The number of aromatic nitrogens is 1. The smallest absolute Gasteiger partial charge is 0.266 e. The van der Waals surface area contributed by atoms with Crippen LogP contribution in [0.1, 0.15) is 42.1 Å². The quantitative estimate of drug-likeness (QED) is 0.775. The molecular formula is C12H14N2O2. The number of aromatic amines is 1. The van der Waals surface area contributed by atoms with E-state index in [1.165, 1.54) is 0 Å². The summed E-state index contributed by atoms with van der Waals surface area (Å²) in [6.45, 7) is 5.12. The van der Waals surface area contributed by atoms with E-state index in [0.29, 0.717) is 19.6 Å². The molecule has 0 radical (unpaired) electrons. The van der Waals surface area contributed by atoms with E-state index in [4.69, 9.17) is 10.00 Å². The number of hydrogen-bond acceptors (Lipinski definition) is 3. The molecule has 4 heteroatoms. The second-order valence-corrected chi connectivity index (χ2v) is 4.27. The molecular weight excluding hydrogens is 204 g/mol. The molecule has 0 bridgehead atoms. The highest BCUT2D eigenvalue weighted by atomic mass is 16.5. The third-order valence-electron chi connectivity index (χ3n) is 2.90. The lowest BCUT2D eigenvalue weighted by Crippen LogP contribution is -2.24. The molecule has 0 aromatic carbocycles. The highest BCUT2D eigenvalue weighted by molar-refractivity contribution is 5.44. The zero-order valence-corrected chi connectivity index (χ0v) is 9.46. The zero-order valence-electron chi connectivity index (χ0n) is 9.46. The van der Waals surface area contributed by atoms with Gasteiger partial charge in [0.15, 0.2) is 0 Å². The Morgan fingerprint density at radius 2 is 2.19 bits per heavy atom. The molecule has 0 spiro atoms. The van der Waals surface area contributed by atoms with Gasteiger partial charge in [-0.05, 0) is 17.9 Å². The van der Waals surface area contributed by atoms with Crippen LogP contribution >= 0.6 is 0 Å². The van der Waals surface area contributed by atoms with Crippen molar-refractivity contribution in [3.63, 3.8) is 0 Å². The summed E-state index contributed by atoms with van der Waals surface area (Å²) in [5.74, 6) is 0.232. The SMILES string of the molecule is CC(C)c1[nH]c(=O)c(C#N)c2c1COCC2.